The molecule has 1 N–H and O–H groups in total. The number of carbonyl (C=O) groups is 2. The second kappa shape index (κ2) is 7.15. The third kappa shape index (κ3) is 4.20. The third-order valence-corrected chi connectivity index (χ3v) is 3.97. The lowest BCUT2D eigenvalue weighted by molar-refractivity contribution is -0.118. The Morgan fingerprint density at radius 3 is 2.58 bits per heavy atom. The molecule has 1 aromatic heterocycles. The first kappa shape index (κ1) is 17.9. The average molecular weight is 352 g/mol. The minimum atomic E-state index is -0.599. The summed E-state index contributed by atoms with van der Waals surface area (Å²) in [5.41, 5.74) is 1.41. The summed E-state index contributed by atoms with van der Waals surface area (Å²) in [6, 6.07) is 13.8. The summed E-state index contributed by atoms with van der Waals surface area (Å²) in [5, 5.41) is 2.64. The summed E-state index contributed by atoms with van der Waals surface area (Å²) in [6.07, 6.45) is 1.68. The Hall–Kier alpha value is -2.89. The van der Waals surface area contributed by atoms with E-state index in [2.05, 4.69) is 16.4 Å². The summed E-state index contributed by atoms with van der Waals surface area (Å²) in [7, 11) is 0. The minimum Gasteiger partial charge on any atom is -0.444 e. The highest BCUT2D eigenvalue weighted by molar-refractivity contribution is 6.00. The fourth-order valence-corrected chi connectivity index (χ4v) is 2.79. The fourth-order valence-electron chi connectivity index (χ4n) is 2.79. The zero-order valence-corrected chi connectivity index (χ0v) is 15.2. The van der Waals surface area contributed by atoms with E-state index in [0.717, 1.165) is 11.1 Å². The molecule has 1 aromatic carbocycles. The van der Waals surface area contributed by atoms with E-state index in [0.29, 0.717) is 18.8 Å². The highest BCUT2D eigenvalue weighted by Gasteiger charge is 2.35. The van der Waals surface area contributed by atoms with Crippen molar-refractivity contribution in [1.29, 1.82) is 0 Å². The van der Waals surface area contributed by atoms with Gasteiger partial charge in [-0.3, -0.25) is 9.69 Å². The van der Waals surface area contributed by atoms with Crippen molar-refractivity contribution in [2.45, 2.75) is 38.8 Å². The Kier molecular flexibility index (Phi) is 4.93. The molecular formula is C20H22N3O3. The monoisotopic (exact) mass is 352 g/mol. The van der Waals surface area contributed by atoms with E-state index in [1.807, 2.05) is 36.4 Å². The second-order valence-corrected chi connectivity index (χ2v) is 7.17. The number of amides is 2. The topological polar surface area (TPSA) is 71.5 Å². The Morgan fingerprint density at radius 2 is 1.96 bits per heavy atom. The van der Waals surface area contributed by atoms with Gasteiger partial charge in [-0.2, -0.15) is 0 Å². The number of nitrogens with zero attached hydrogens (tertiary/aromatic N) is 2. The van der Waals surface area contributed by atoms with Gasteiger partial charge in [0, 0.05) is 18.3 Å². The van der Waals surface area contributed by atoms with Crippen molar-refractivity contribution < 1.29 is 14.3 Å². The lowest BCUT2D eigenvalue weighted by Crippen LogP contribution is -2.43. The molecule has 135 valence electrons. The molecule has 0 aliphatic carbocycles. The molecule has 6 nitrogen and oxygen atoms in total. The zero-order chi connectivity index (χ0) is 18.7. The molecule has 1 fully saturated rings. The molecule has 0 saturated carbocycles. The molecular weight excluding hydrogens is 330 g/mol. The number of hydrogen-bond acceptors (Lipinski definition) is 4. The van der Waals surface area contributed by atoms with Gasteiger partial charge in [0.1, 0.15) is 17.5 Å². The van der Waals surface area contributed by atoms with Gasteiger partial charge < -0.3 is 10.1 Å². The van der Waals surface area contributed by atoms with Gasteiger partial charge in [0.15, 0.2) is 0 Å². The largest absolute Gasteiger partial charge is 0.444 e. The number of hydrogen-bond donors (Lipinski definition) is 1. The maximum atomic E-state index is 12.6. The van der Waals surface area contributed by atoms with Crippen LogP contribution in [0.3, 0.4) is 0 Å². The van der Waals surface area contributed by atoms with Crippen LogP contribution in [0.2, 0.25) is 0 Å². The molecule has 3 rings (SSSR count). The van der Waals surface area contributed by atoms with Crippen molar-refractivity contribution >= 4 is 17.8 Å². The predicted molar refractivity (Wildman–Crippen MR) is 98.6 cm³/mol. The standard InChI is InChI=1S/C20H22N3O3/c1-20(2,3)26-19(25)22-16-11-12-23(18(16)24)17-10-9-15(13-21-17)14-7-5-4-6-8-14/h5-10,13,16H,11-12H2,1-3H3,(H,22,25)/t16-/m0/s1. The lowest BCUT2D eigenvalue weighted by Gasteiger charge is -2.21. The van der Waals surface area contributed by atoms with E-state index in [1.54, 1.807) is 31.9 Å². The molecule has 1 aliphatic rings. The van der Waals surface area contributed by atoms with E-state index in [-0.39, 0.29) is 5.91 Å². The maximum absolute atomic E-state index is 12.6. The van der Waals surface area contributed by atoms with Crippen molar-refractivity contribution in [2.24, 2.45) is 0 Å². The number of nitrogens with one attached hydrogen (secondary N) is 1. The van der Waals surface area contributed by atoms with E-state index in [4.69, 9.17) is 4.74 Å². The van der Waals surface area contributed by atoms with Gasteiger partial charge in [-0.05, 0) is 51.0 Å². The summed E-state index contributed by atoms with van der Waals surface area (Å²) in [5.74, 6) is 0.403. The Labute approximate surface area is 153 Å². The molecule has 0 spiro atoms. The number of rotatable bonds is 3. The van der Waals surface area contributed by atoms with Gasteiger partial charge in [-0.25, -0.2) is 9.78 Å². The molecule has 6 heteroatoms. The molecule has 1 radical (unpaired) electrons. The SMILES string of the molecule is CC(C)(C)OC(=O)N[C@H]1CCN(c2ccc(-c3cc[c]cc3)cn2)C1=O. The quantitative estimate of drug-likeness (QED) is 0.921. The van der Waals surface area contributed by atoms with E-state index in [9.17, 15) is 9.59 Å². The van der Waals surface area contributed by atoms with Gasteiger partial charge >= 0.3 is 6.09 Å². The Balaban J connectivity index is 1.66. The highest BCUT2D eigenvalue weighted by Crippen LogP contribution is 2.23. The van der Waals surface area contributed by atoms with Gasteiger partial charge in [0.25, 0.3) is 5.91 Å². The number of aromatic nitrogens is 1. The van der Waals surface area contributed by atoms with Crippen molar-refractivity contribution in [1.82, 2.24) is 10.3 Å². The van der Waals surface area contributed by atoms with Gasteiger partial charge in [-0.15, -0.1) is 0 Å². The second-order valence-electron chi connectivity index (χ2n) is 7.17. The van der Waals surface area contributed by atoms with E-state index in [1.165, 1.54) is 0 Å². The van der Waals surface area contributed by atoms with Crippen LogP contribution >= 0.6 is 0 Å². The first-order chi connectivity index (χ1) is 12.3. The molecule has 0 unspecified atom stereocenters. The number of benzene rings is 1. The van der Waals surface area contributed by atoms with Crippen molar-refractivity contribution in [2.75, 3.05) is 11.4 Å². The summed E-state index contributed by atoms with van der Waals surface area (Å²) in [6.45, 7) is 5.86. The van der Waals surface area contributed by atoms with Gasteiger partial charge in [-0.1, -0.05) is 24.3 Å². The molecule has 1 atom stereocenters. The average Bonchev–Trinajstić information content (AvgIpc) is 2.95. The lowest BCUT2D eigenvalue weighted by atomic mass is 10.1. The van der Waals surface area contributed by atoms with Crippen LogP contribution in [0.4, 0.5) is 10.6 Å². The van der Waals surface area contributed by atoms with Crippen LogP contribution in [0, 0.1) is 6.07 Å². The smallest absolute Gasteiger partial charge is 0.408 e. The number of carbonyl (C=O) groups excluding carboxylic acids is 2. The van der Waals surface area contributed by atoms with Gasteiger partial charge in [0.05, 0.1) is 0 Å². The first-order valence-electron chi connectivity index (χ1n) is 8.57. The molecule has 2 amide bonds. The Morgan fingerprint density at radius 1 is 1.23 bits per heavy atom. The predicted octanol–water partition coefficient (Wildman–Crippen LogP) is 3.18. The van der Waals surface area contributed by atoms with Crippen LogP contribution in [0.25, 0.3) is 11.1 Å². The molecule has 0 bridgehead atoms. The number of pyridine rings is 1. The summed E-state index contributed by atoms with van der Waals surface area (Å²) in [4.78, 5) is 30.5. The normalized spacial score (nSPS) is 17.3. The van der Waals surface area contributed by atoms with E-state index < -0.39 is 17.7 Å². The van der Waals surface area contributed by atoms with Crippen LogP contribution in [-0.4, -0.2) is 35.2 Å². The number of anilines is 1. The van der Waals surface area contributed by atoms with Crippen molar-refractivity contribution in [3.8, 4) is 11.1 Å². The van der Waals surface area contributed by atoms with E-state index >= 15 is 0 Å². The fraction of sp³-hybridized carbons (Fsp3) is 0.350. The van der Waals surface area contributed by atoms with Crippen molar-refractivity contribution in [3.63, 3.8) is 0 Å². The minimum absolute atomic E-state index is 0.176. The number of alkyl carbamates (subject to hydrolysis) is 1. The van der Waals surface area contributed by atoms with Crippen LogP contribution < -0.4 is 10.2 Å². The zero-order valence-electron chi connectivity index (χ0n) is 15.2. The molecule has 1 saturated heterocycles. The van der Waals surface area contributed by atoms with Crippen LogP contribution in [0.5, 0.6) is 0 Å². The summed E-state index contributed by atoms with van der Waals surface area (Å²) < 4.78 is 5.21. The highest BCUT2D eigenvalue weighted by atomic mass is 16.6. The summed E-state index contributed by atoms with van der Waals surface area (Å²) >= 11 is 0. The van der Waals surface area contributed by atoms with Crippen LogP contribution in [0.15, 0.2) is 42.6 Å². The Bertz CT molecular complexity index is 782. The number of ether oxygens (including phenoxy) is 1. The van der Waals surface area contributed by atoms with Crippen molar-refractivity contribution in [3.05, 3.63) is 48.7 Å². The molecule has 26 heavy (non-hydrogen) atoms. The molecule has 1 aliphatic heterocycles. The van der Waals surface area contributed by atoms with Crippen LogP contribution in [-0.2, 0) is 9.53 Å². The van der Waals surface area contributed by atoms with Crippen LogP contribution in [0.1, 0.15) is 27.2 Å². The maximum Gasteiger partial charge on any atom is 0.408 e. The first-order valence-corrected chi connectivity index (χ1v) is 8.57. The third-order valence-electron chi connectivity index (χ3n) is 3.97. The van der Waals surface area contributed by atoms with Gasteiger partial charge in [0.2, 0.25) is 0 Å². The molecule has 2 aromatic rings. The molecule has 2 heterocycles.